The molecule has 0 unspecified atom stereocenters. The van der Waals surface area contributed by atoms with Crippen LogP contribution >= 0.6 is 0 Å². The Kier molecular flexibility index (Phi) is 2.63. The number of ether oxygens (including phenoxy) is 1. The number of pyridine rings is 1. The van der Waals surface area contributed by atoms with E-state index in [0.29, 0.717) is 0 Å². The van der Waals surface area contributed by atoms with Gasteiger partial charge in [-0.25, -0.2) is 0 Å². The highest BCUT2D eigenvalue weighted by molar-refractivity contribution is 5.81. The number of benzene rings is 1. The molecular weight excluding hydrogens is 190 g/mol. The van der Waals surface area contributed by atoms with Gasteiger partial charge in [0.1, 0.15) is 6.61 Å². The molecular formula is C12H11NO2. The molecule has 1 aromatic carbocycles. The summed E-state index contributed by atoms with van der Waals surface area (Å²) in [7, 11) is 0. The van der Waals surface area contributed by atoms with Crippen molar-refractivity contribution in [3.05, 3.63) is 42.2 Å². The van der Waals surface area contributed by atoms with Crippen LogP contribution in [-0.4, -0.2) is 11.0 Å². The van der Waals surface area contributed by atoms with Gasteiger partial charge in [0.05, 0.1) is 5.69 Å². The first-order chi connectivity index (χ1) is 7.25. The van der Waals surface area contributed by atoms with E-state index in [1.54, 1.807) is 6.20 Å². The predicted molar refractivity (Wildman–Crippen MR) is 57.2 cm³/mol. The molecule has 0 atom stereocenters. The Bertz CT molecular complexity index is 494. The standard InChI is InChI=1S/C12H11NO2/c1-9(14)15-8-12-6-10-4-2-3-5-11(10)7-13-12/h2-7H,8H2,1H3. The maximum absolute atomic E-state index is 10.6. The van der Waals surface area contributed by atoms with Crippen molar-refractivity contribution in [1.29, 1.82) is 0 Å². The number of esters is 1. The monoisotopic (exact) mass is 201 g/mol. The van der Waals surface area contributed by atoms with Crippen LogP contribution in [-0.2, 0) is 16.1 Å². The highest BCUT2D eigenvalue weighted by atomic mass is 16.5. The number of hydrogen-bond acceptors (Lipinski definition) is 3. The Hall–Kier alpha value is -1.90. The molecule has 0 saturated carbocycles. The van der Waals surface area contributed by atoms with Crippen molar-refractivity contribution in [3.63, 3.8) is 0 Å². The van der Waals surface area contributed by atoms with E-state index in [2.05, 4.69) is 4.98 Å². The Morgan fingerprint density at radius 2 is 2.07 bits per heavy atom. The lowest BCUT2D eigenvalue weighted by atomic mass is 10.1. The van der Waals surface area contributed by atoms with Crippen molar-refractivity contribution in [1.82, 2.24) is 4.98 Å². The number of aromatic nitrogens is 1. The Morgan fingerprint density at radius 1 is 1.33 bits per heavy atom. The summed E-state index contributed by atoms with van der Waals surface area (Å²) in [5.41, 5.74) is 0.768. The summed E-state index contributed by atoms with van der Waals surface area (Å²) in [5.74, 6) is -0.287. The first-order valence-electron chi connectivity index (χ1n) is 4.73. The fourth-order valence-electron chi connectivity index (χ4n) is 1.38. The van der Waals surface area contributed by atoms with Crippen molar-refractivity contribution in [2.45, 2.75) is 13.5 Å². The number of carbonyl (C=O) groups excluding carboxylic acids is 1. The molecule has 2 rings (SSSR count). The zero-order valence-electron chi connectivity index (χ0n) is 8.43. The minimum atomic E-state index is -0.287. The average Bonchev–Trinajstić information content (AvgIpc) is 2.26. The van der Waals surface area contributed by atoms with Gasteiger partial charge in [0.25, 0.3) is 0 Å². The van der Waals surface area contributed by atoms with Crippen molar-refractivity contribution in [2.75, 3.05) is 0 Å². The van der Waals surface area contributed by atoms with Crippen molar-refractivity contribution in [2.24, 2.45) is 0 Å². The van der Waals surface area contributed by atoms with Crippen molar-refractivity contribution in [3.8, 4) is 0 Å². The van der Waals surface area contributed by atoms with Gasteiger partial charge >= 0.3 is 5.97 Å². The van der Waals surface area contributed by atoms with Gasteiger partial charge in [0.2, 0.25) is 0 Å². The van der Waals surface area contributed by atoms with Crippen LogP contribution in [0.5, 0.6) is 0 Å². The van der Waals surface area contributed by atoms with Gasteiger partial charge in [-0.3, -0.25) is 9.78 Å². The van der Waals surface area contributed by atoms with Gasteiger partial charge in [0, 0.05) is 18.5 Å². The molecule has 0 aliphatic rings. The predicted octanol–water partition coefficient (Wildman–Crippen LogP) is 2.30. The topological polar surface area (TPSA) is 39.2 Å². The lowest BCUT2D eigenvalue weighted by Crippen LogP contribution is -2.00. The molecule has 15 heavy (non-hydrogen) atoms. The number of rotatable bonds is 2. The Labute approximate surface area is 87.7 Å². The molecule has 1 heterocycles. The van der Waals surface area contributed by atoms with E-state index in [1.807, 2.05) is 30.3 Å². The van der Waals surface area contributed by atoms with E-state index >= 15 is 0 Å². The van der Waals surface area contributed by atoms with Crippen LogP contribution in [0.25, 0.3) is 10.8 Å². The van der Waals surface area contributed by atoms with Gasteiger partial charge in [0.15, 0.2) is 0 Å². The lowest BCUT2D eigenvalue weighted by Gasteiger charge is -2.02. The second-order valence-electron chi connectivity index (χ2n) is 3.30. The molecule has 76 valence electrons. The van der Waals surface area contributed by atoms with Gasteiger partial charge in [-0.15, -0.1) is 0 Å². The van der Waals surface area contributed by atoms with Crippen LogP contribution in [0.1, 0.15) is 12.6 Å². The molecule has 0 fully saturated rings. The number of fused-ring (bicyclic) bond motifs is 1. The van der Waals surface area contributed by atoms with Gasteiger partial charge < -0.3 is 4.74 Å². The second-order valence-corrected chi connectivity index (χ2v) is 3.30. The van der Waals surface area contributed by atoms with Crippen LogP contribution in [0.2, 0.25) is 0 Å². The SMILES string of the molecule is CC(=O)OCc1cc2ccccc2cn1. The largest absolute Gasteiger partial charge is 0.459 e. The summed E-state index contributed by atoms with van der Waals surface area (Å²) in [4.78, 5) is 14.8. The molecule has 2 aromatic rings. The van der Waals surface area contributed by atoms with Crippen molar-refractivity contribution < 1.29 is 9.53 Å². The second kappa shape index (κ2) is 4.09. The molecule has 0 bridgehead atoms. The van der Waals surface area contributed by atoms with Crippen LogP contribution in [0, 0.1) is 0 Å². The molecule has 3 nitrogen and oxygen atoms in total. The summed E-state index contributed by atoms with van der Waals surface area (Å²) in [6, 6.07) is 9.87. The Morgan fingerprint density at radius 3 is 2.80 bits per heavy atom. The molecule has 0 saturated heterocycles. The third kappa shape index (κ3) is 2.31. The first kappa shape index (κ1) is 9.65. The van der Waals surface area contributed by atoms with E-state index < -0.39 is 0 Å². The minimum absolute atomic E-state index is 0.236. The van der Waals surface area contributed by atoms with Crippen LogP contribution in [0.15, 0.2) is 36.5 Å². The third-order valence-corrected chi connectivity index (χ3v) is 2.11. The molecule has 3 heteroatoms. The number of nitrogens with zero attached hydrogens (tertiary/aromatic N) is 1. The van der Waals surface area contributed by atoms with Gasteiger partial charge in [-0.1, -0.05) is 24.3 Å². The average molecular weight is 201 g/mol. The summed E-state index contributed by atoms with van der Waals surface area (Å²) in [5, 5.41) is 2.19. The number of carbonyl (C=O) groups is 1. The molecule has 0 aliphatic heterocycles. The summed E-state index contributed by atoms with van der Waals surface area (Å²) in [6.07, 6.45) is 1.79. The van der Waals surface area contributed by atoms with Crippen LogP contribution in [0.4, 0.5) is 0 Å². The van der Waals surface area contributed by atoms with Crippen molar-refractivity contribution >= 4 is 16.7 Å². The van der Waals surface area contributed by atoms with E-state index in [-0.39, 0.29) is 12.6 Å². The third-order valence-electron chi connectivity index (χ3n) is 2.11. The summed E-state index contributed by atoms with van der Waals surface area (Å²) in [6.45, 7) is 1.63. The fourth-order valence-corrected chi connectivity index (χ4v) is 1.38. The molecule has 0 radical (unpaired) electrons. The molecule has 0 amide bonds. The molecule has 0 spiro atoms. The molecule has 1 aromatic heterocycles. The van der Waals surface area contributed by atoms with E-state index in [9.17, 15) is 4.79 Å². The fraction of sp³-hybridized carbons (Fsp3) is 0.167. The number of hydrogen-bond donors (Lipinski definition) is 0. The maximum Gasteiger partial charge on any atom is 0.303 e. The van der Waals surface area contributed by atoms with Gasteiger partial charge in [-0.2, -0.15) is 0 Å². The van der Waals surface area contributed by atoms with E-state index in [1.165, 1.54) is 6.92 Å². The zero-order chi connectivity index (χ0) is 10.7. The van der Waals surface area contributed by atoms with Crippen LogP contribution in [0.3, 0.4) is 0 Å². The lowest BCUT2D eigenvalue weighted by molar-refractivity contribution is -0.142. The summed E-state index contributed by atoms with van der Waals surface area (Å²) >= 11 is 0. The van der Waals surface area contributed by atoms with Gasteiger partial charge in [-0.05, 0) is 11.5 Å². The summed E-state index contributed by atoms with van der Waals surface area (Å²) < 4.78 is 4.88. The van der Waals surface area contributed by atoms with E-state index in [0.717, 1.165) is 16.5 Å². The maximum atomic E-state index is 10.6. The minimum Gasteiger partial charge on any atom is -0.459 e. The molecule has 0 aliphatic carbocycles. The van der Waals surface area contributed by atoms with Crippen LogP contribution < -0.4 is 0 Å². The van der Waals surface area contributed by atoms with E-state index in [4.69, 9.17) is 4.74 Å². The highest BCUT2D eigenvalue weighted by Crippen LogP contribution is 2.13. The quantitative estimate of drug-likeness (QED) is 0.700. The smallest absolute Gasteiger partial charge is 0.303 e. The first-order valence-corrected chi connectivity index (χ1v) is 4.73. The zero-order valence-corrected chi connectivity index (χ0v) is 8.43. The Balaban J connectivity index is 2.26. The molecule has 0 N–H and O–H groups in total. The normalized spacial score (nSPS) is 10.2. The highest BCUT2D eigenvalue weighted by Gasteiger charge is 1.99.